The highest BCUT2D eigenvalue weighted by Gasteiger charge is 2.16. The molecule has 0 amide bonds. The van der Waals surface area contributed by atoms with Crippen LogP contribution in [-0.4, -0.2) is 8.42 Å². The molecule has 0 saturated carbocycles. The van der Waals surface area contributed by atoms with Crippen LogP contribution in [0.4, 0.5) is 9.57 Å². The molecular formula is C16H18Cl2FNO2S. The van der Waals surface area contributed by atoms with Gasteiger partial charge >= 0.3 is 10.2 Å². The highest BCUT2D eigenvalue weighted by atomic mass is 35.5. The number of nitrogens with two attached hydrogens (primary N) is 1. The Kier molecular flexibility index (Phi) is 7.32. The number of halogens is 3. The van der Waals surface area contributed by atoms with Gasteiger partial charge in [0.1, 0.15) is 4.90 Å². The van der Waals surface area contributed by atoms with E-state index in [9.17, 15) is 12.3 Å². The molecule has 0 unspecified atom stereocenters. The molecule has 0 heterocycles. The molecule has 126 valence electrons. The van der Waals surface area contributed by atoms with Crippen LogP contribution in [0.25, 0.3) is 0 Å². The topological polar surface area (TPSA) is 60.2 Å². The van der Waals surface area contributed by atoms with E-state index >= 15 is 0 Å². The van der Waals surface area contributed by atoms with Crippen molar-refractivity contribution in [2.45, 2.75) is 30.6 Å². The van der Waals surface area contributed by atoms with Crippen LogP contribution in [0.1, 0.15) is 24.0 Å². The van der Waals surface area contributed by atoms with Gasteiger partial charge in [-0.1, -0.05) is 29.8 Å². The van der Waals surface area contributed by atoms with Crippen LogP contribution in [0.15, 0.2) is 47.4 Å². The van der Waals surface area contributed by atoms with Crippen molar-refractivity contribution in [3.8, 4) is 0 Å². The maximum Gasteiger partial charge on any atom is 0.333 e. The molecule has 2 rings (SSSR count). The van der Waals surface area contributed by atoms with Crippen LogP contribution in [0, 0.1) is 0 Å². The summed E-state index contributed by atoms with van der Waals surface area (Å²) in [6.07, 6.45) is 3.36. The van der Waals surface area contributed by atoms with Crippen LogP contribution in [0.5, 0.6) is 0 Å². The molecule has 0 radical (unpaired) electrons. The maximum absolute atomic E-state index is 13.1. The summed E-state index contributed by atoms with van der Waals surface area (Å²) in [6.45, 7) is 0. The first-order chi connectivity index (χ1) is 10.4. The van der Waals surface area contributed by atoms with Crippen LogP contribution in [0.2, 0.25) is 5.02 Å². The lowest BCUT2D eigenvalue weighted by Crippen LogP contribution is -1.96. The van der Waals surface area contributed by atoms with E-state index in [2.05, 4.69) is 0 Å². The number of aryl methyl sites for hydroxylation is 2. The fraction of sp³-hybridized carbons (Fsp3) is 0.250. The van der Waals surface area contributed by atoms with E-state index in [1.54, 1.807) is 6.07 Å². The van der Waals surface area contributed by atoms with Gasteiger partial charge in [0.25, 0.3) is 0 Å². The van der Waals surface area contributed by atoms with Crippen LogP contribution in [0.3, 0.4) is 0 Å². The van der Waals surface area contributed by atoms with Crippen LogP contribution < -0.4 is 5.73 Å². The first-order valence-corrected chi connectivity index (χ1v) is 8.70. The predicted octanol–water partition coefficient (Wildman–Crippen LogP) is 4.57. The third-order valence-electron chi connectivity index (χ3n) is 3.39. The minimum atomic E-state index is -4.78. The normalized spacial score (nSPS) is 11.0. The summed E-state index contributed by atoms with van der Waals surface area (Å²) in [5.74, 6) is 0. The van der Waals surface area contributed by atoms with E-state index < -0.39 is 15.1 Å². The molecule has 0 aliphatic rings. The van der Waals surface area contributed by atoms with E-state index in [1.807, 2.05) is 24.3 Å². The van der Waals surface area contributed by atoms with Crippen molar-refractivity contribution in [1.29, 1.82) is 0 Å². The smallest absolute Gasteiger partial charge is 0.333 e. The molecule has 2 aromatic carbocycles. The number of hydrogen-bond donors (Lipinski definition) is 1. The summed E-state index contributed by atoms with van der Waals surface area (Å²) in [4.78, 5) is -0.456. The van der Waals surface area contributed by atoms with Gasteiger partial charge in [-0.05, 0) is 61.1 Å². The largest absolute Gasteiger partial charge is 0.399 e. The fourth-order valence-electron chi connectivity index (χ4n) is 2.30. The van der Waals surface area contributed by atoms with Crippen molar-refractivity contribution in [1.82, 2.24) is 0 Å². The lowest BCUT2D eigenvalue weighted by molar-refractivity contribution is 0.552. The van der Waals surface area contributed by atoms with E-state index in [-0.39, 0.29) is 17.4 Å². The molecule has 3 nitrogen and oxygen atoms in total. The van der Waals surface area contributed by atoms with E-state index in [0.29, 0.717) is 6.42 Å². The second-order valence-corrected chi connectivity index (χ2v) is 6.88. The lowest BCUT2D eigenvalue weighted by Gasteiger charge is -2.06. The van der Waals surface area contributed by atoms with Crippen molar-refractivity contribution in [3.63, 3.8) is 0 Å². The van der Waals surface area contributed by atoms with Gasteiger partial charge in [0.2, 0.25) is 0 Å². The Bertz CT molecular complexity index is 766. The van der Waals surface area contributed by atoms with Crippen molar-refractivity contribution in [3.05, 3.63) is 58.6 Å². The molecule has 0 aliphatic carbocycles. The number of benzene rings is 2. The number of hydrogen-bond acceptors (Lipinski definition) is 3. The number of anilines is 1. The van der Waals surface area contributed by atoms with Crippen molar-refractivity contribution < 1.29 is 12.3 Å². The van der Waals surface area contributed by atoms with E-state index in [0.717, 1.165) is 30.5 Å². The van der Waals surface area contributed by atoms with Crippen molar-refractivity contribution in [2.75, 3.05) is 5.73 Å². The zero-order valence-corrected chi connectivity index (χ0v) is 14.7. The summed E-state index contributed by atoms with van der Waals surface area (Å²) < 4.78 is 35.1. The van der Waals surface area contributed by atoms with Gasteiger partial charge in [0.05, 0.1) is 5.02 Å². The minimum absolute atomic E-state index is 0. The number of nitrogen functional groups attached to an aromatic ring is 1. The van der Waals surface area contributed by atoms with Gasteiger partial charge in [-0.15, -0.1) is 16.3 Å². The van der Waals surface area contributed by atoms with Gasteiger partial charge in [0.15, 0.2) is 0 Å². The van der Waals surface area contributed by atoms with Crippen LogP contribution >= 0.6 is 24.0 Å². The Morgan fingerprint density at radius 1 is 1.00 bits per heavy atom. The van der Waals surface area contributed by atoms with Crippen molar-refractivity contribution >= 4 is 39.9 Å². The number of rotatable bonds is 6. The van der Waals surface area contributed by atoms with Crippen molar-refractivity contribution in [2.24, 2.45) is 0 Å². The minimum Gasteiger partial charge on any atom is -0.399 e. The monoisotopic (exact) mass is 377 g/mol. The molecule has 0 aromatic heterocycles. The molecule has 0 fully saturated rings. The quantitative estimate of drug-likeness (QED) is 0.455. The molecular weight excluding hydrogens is 360 g/mol. The maximum atomic E-state index is 13.1. The SMILES string of the molecule is Cl.Nc1cccc(CCCCc2ccc(Cl)c(S(=O)(=O)F)c2)c1. The first kappa shape index (κ1) is 19.7. The number of unbranched alkanes of at least 4 members (excludes halogenated alkanes) is 1. The zero-order valence-electron chi connectivity index (χ0n) is 12.3. The van der Waals surface area contributed by atoms with Gasteiger partial charge in [0, 0.05) is 5.69 Å². The Balaban J connectivity index is 0.00000264. The van der Waals surface area contributed by atoms with E-state index in [4.69, 9.17) is 17.3 Å². The molecule has 2 aromatic rings. The second-order valence-electron chi connectivity index (χ2n) is 5.15. The summed E-state index contributed by atoms with van der Waals surface area (Å²) in [5, 5.41) is -0.0917. The molecule has 7 heteroatoms. The van der Waals surface area contributed by atoms with Gasteiger partial charge < -0.3 is 5.73 Å². The fourth-order valence-corrected chi connectivity index (χ4v) is 3.28. The molecule has 0 atom stereocenters. The third-order valence-corrected chi connectivity index (χ3v) is 4.69. The second kappa shape index (κ2) is 8.52. The Morgan fingerprint density at radius 2 is 1.61 bits per heavy atom. The van der Waals surface area contributed by atoms with Gasteiger partial charge in [-0.3, -0.25) is 0 Å². The van der Waals surface area contributed by atoms with E-state index in [1.165, 1.54) is 17.7 Å². The Hall–Kier alpha value is -1.30. The van der Waals surface area contributed by atoms with Gasteiger partial charge in [-0.25, -0.2) is 0 Å². The Morgan fingerprint density at radius 3 is 2.17 bits per heavy atom. The Labute approximate surface area is 147 Å². The molecule has 0 aliphatic heterocycles. The summed E-state index contributed by atoms with van der Waals surface area (Å²) in [5.41, 5.74) is 8.39. The van der Waals surface area contributed by atoms with Crippen LogP contribution in [-0.2, 0) is 23.1 Å². The molecule has 2 N–H and O–H groups in total. The first-order valence-electron chi connectivity index (χ1n) is 6.94. The summed E-state index contributed by atoms with van der Waals surface area (Å²) in [7, 11) is -4.78. The summed E-state index contributed by atoms with van der Waals surface area (Å²) in [6, 6.07) is 12.2. The van der Waals surface area contributed by atoms with Gasteiger partial charge in [-0.2, -0.15) is 8.42 Å². The lowest BCUT2D eigenvalue weighted by atomic mass is 10.0. The molecule has 23 heavy (non-hydrogen) atoms. The molecule has 0 bridgehead atoms. The zero-order chi connectivity index (χ0) is 16.2. The average molecular weight is 378 g/mol. The predicted molar refractivity (Wildman–Crippen MR) is 94.5 cm³/mol. The summed E-state index contributed by atoms with van der Waals surface area (Å²) >= 11 is 5.71. The highest BCUT2D eigenvalue weighted by molar-refractivity contribution is 7.86. The average Bonchev–Trinajstić information content (AvgIpc) is 2.44. The molecule has 0 saturated heterocycles. The standard InChI is InChI=1S/C16H17ClFNO2S.ClH/c17-15-9-8-13(11-16(15)22(18,20)21)5-2-1-4-12-6-3-7-14(19)10-12;/h3,6-11H,1-2,4-5,19H2;1H. The molecule has 0 spiro atoms. The third kappa shape index (κ3) is 6.01. The highest BCUT2D eigenvalue weighted by Crippen LogP contribution is 2.25.